The smallest absolute Gasteiger partial charge is 0.209 e. The third kappa shape index (κ3) is 7.96. The summed E-state index contributed by atoms with van der Waals surface area (Å²) in [5.41, 5.74) is 8.80. The number of benzene rings is 5. The highest BCUT2D eigenvalue weighted by molar-refractivity contribution is 6.03. The van der Waals surface area contributed by atoms with E-state index in [2.05, 4.69) is 152 Å². The van der Waals surface area contributed by atoms with Gasteiger partial charge >= 0.3 is 0 Å². The van der Waals surface area contributed by atoms with Gasteiger partial charge in [0.15, 0.2) is 12.3 Å². The molecule has 0 saturated carbocycles. The van der Waals surface area contributed by atoms with Gasteiger partial charge in [-0.3, -0.25) is 0 Å². The molecule has 0 aliphatic carbocycles. The summed E-state index contributed by atoms with van der Waals surface area (Å²) in [7, 11) is 3.40. The van der Waals surface area contributed by atoms with Crippen LogP contribution in [-0.4, -0.2) is 50.7 Å². The minimum Gasteiger partial charge on any atom is -0.497 e. The Morgan fingerprint density at radius 1 is 0.698 bits per heavy atom. The monoisotopic (exact) mass is 707 g/mol. The predicted molar refractivity (Wildman–Crippen MR) is 220 cm³/mol. The summed E-state index contributed by atoms with van der Waals surface area (Å²) in [6, 6.07) is 44.9. The Morgan fingerprint density at radius 3 is 1.83 bits per heavy atom. The molecule has 1 aliphatic heterocycles. The van der Waals surface area contributed by atoms with Gasteiger partial charge in [0.05, 0.1) is 26.2 Å². The van der Waals surface area contributed by atoms with Crippen molar-refractivity contribution in [2.24, 2.45) is 0 Å². The molecule has 0 radical (unpaired) electrons. The maximum absolute atomic E-state index is 7.25. The highest BCUT2D eigenvalue weighted by Crippen LogP contribution is 2.44. The van der Waals surface area contributed by atoms with Crippen LogP contribution in [0.3, 0.4) is 0 Å². The van der Waals surface area contributed by atoms with Crippen LogP contribution in [0.4, 0.5) is 11.4 Å². The van der Waals surface area contributed by atoms with Crippen LogP contribution in [0.5, 0.6) is 11.5 Å². The van der Waals surface area contributed by atoms with E-state index in [9.17, 15) is 0 Å². The summed E-state index contributed by atoms with van der Waals surface area (Å²) in [4.78, 5) is 2.43. The van der Waals surface area contributed by atoms with Crippen molar-refractivity contribution in [2.75, 3.05) is 45.4 Å². The van der Waals surface area contributed by atoms with E-state index >= 15 is 0 Å². The molecule has 1 heterocycles. The maximum atomic E-state index is 7.25. The molecule has 1 aliphatic rings. The Morgan fingerprint density at radius 2 is 1.26 bits per heavy atom. The summed E-state index contributed by atoms with van der Waals surface area (Å²) in [6.07, 6.45) is 7.58. The Balaban J connectivity index is 1.34. The molecule has 5 aromatic rings. The molecule has 274 valence electrons. The molecule has 0 N–H and O–H groups in total. The molecule has 0 atom stereocenters. The second-order valence-corrected chi connectivity index (χ2v) is 14.2. The molecule has 0 unspecified atom stereocenters. The summed E-state index contributed by atoms with van der Waals surface area (Å²) >= 11 is 0. The van der Waals surface area contributed by atoms with Crippen LogP contribution in [0.2, 0.25) is 0 Å². The number of ether oxygens (including phenoxy) is 3. The number of rotatable bonds is 17. The Bertz CT molecular complexity index is 1930. The van der Waals surface area contributed by atoms with Gasteiger partial charge in [-0.1, -0.05) is 91.0 Å². The zero-order chi connectivity index (χ0) is 37.3. The van der Waals surface area contributed by atoms with Gasteiger partial charge in [-0.05, 0) is 99.2 Å². The van der Waals surface area contributed by atoms with Gasteiger partial charge < -0.3 is 19.1 Å². The van der Waals surface area contributed by atoms with Crippen LogP contribution in [0, 0.1) is 0 Å². The van der Waals surface area contributed by atoms with E-state index in [0.29, 0.717) is 6.61 Å². The number of hydrogen-bond acceptors (Lipinski definition) is 4. The lowest BCUT2D eigenvalue weighted by Gasteiger charge is -2.36. The van der Waals surface area contributed by atoms with E-state index in [-0.39, 0.29) is 5.41 Å². The van der Waals surface area contributed by atoms with Crippen LogP contribution in [0.25, 0.3) is 0 Å². The van der Waals surface area contributed by atoms with Gasteiger partial charge in [-0.15, -0.1) is 0 Å². The van der Waals surface area contributed by atoms with Crippen LogP contribution in [0.1, 0.15) is 68.4 Å². The molecule has 0 aromatic heterocycles. The fourth-order valence-corrected chi connectivity index (χ4v) is 7.80. The second kappa shape index (κ2) is 17.1. The predicted octanol–water partition coefficient (Wildman–Crippen LogP) is 10.5. The normalized spacial score (nSPS) is 13.7. The van der Waals surface area contributed by atoms with Crippen molar-refractivity contribution in [1.29, 1.82) is 0 Å². The highest BCUT2D eigenvalue weighted by atomic mass is 16.5. The van der Waals surface area contributed by atoms with Crippen molar-refractivity contribution in [1.82, 2.24) is 0 Å². The molecule has 0 fully saturated rings. The first kappa shape index (κ1) is 37.6. The first-order valence-corrected chi connectivity index (χ1v) is 19.1. The van der Waals surface area contributed by atoms with E-state index in [1.54, 1.807) is 14.2 Å². The minimum absolute atomic E-state index is 0.150. The summed E-state index contributed by atoms with van der Waals surface area (Å²) < 4.78 is 20.9. The quantitative estimate of drug-likeness (QED) is 0.0547. The first-order chi connectivity index (χ1) is 25.8. The fourth-order valence-electron chi connectivity index (χ4n) is 7.80. The molecular weight excluding hydrogens is 653 g/mol. The first-order valence-electron chi connectivity index (χ1n) is 19.1. The maximum Gasteiger partial charge on any atom is 0.209 e. The molecule has 53 heavy (non-hydrogen) atoms. The third-order valence-electron chi connectivity index (χ3n) is 10.7. The van der Waals surface area contributed by atoms with Gasteiger partial charge in [0.25, 0.3) is 0 Å². The Hall–Kier alpha value is -5.13. The molecule has 5 nitrogen and oxygen atoms in total. The van der Waals surface area contributed by atoms with Crippen molar-refractivity contribution >= 4 is 17.1 Å². The number of allylic oxidation sites excluding steroid dienone is 2. The minimum atomic E-state index is -0.843. The van der Waals surface area contributed by atoms with Crippen molar-refractivity contribution in [3.63, 3.8) is 0 Å². The number of nitrogens with zero attached hydrogens (tertiary/aromatic N) is 2. The molecular formula is C48H55N2O3+. The number of anilines is 1. The molecule has 5 heteroatoms. The zero-order valence-electron chi connectivity index (χ0n) is 32.3. The van der Waals surface area contributed by atoms with Crippen LogP contribution >= 0.6 is 0 Å². The summed E-state index contributed by atoms with van der Waals surface area (Å²) in [6.45, 7) is 12.6. The van der Waals surface area contributed by atoms with Gasteiger partial charge in [0.1, 0.15) is 17.1 Å². The third-order valence-corrected chi connectivity index (χ3v) is 10.7. The van der Waals surface area contributed by atoms with Crippen molar-refractivity contribution < 1.29 is 18.8 Å². The standard InChI is InChI=1S/C48H55N2O3/c1-7-49(8-2)41-28-33-45-44(36-41)47(3,4)46(23-16-15-20-37-18-11-9-12-19-37)50(45)34-17-35-53-48(38-21-13-10-14-22-38,39-24-29-42(51-5)30-25-39)40-26-31-43(52-6)32-27-40/h9-14,16,18-19,21-33,36H,7-8,15,17,20,34-35H2,1-6H3/q+1/b23-16+. The number of fused-ring (bicyclic) bond motifs is 1. The molecule has 0 amide bonds. The lowest BCUT2D eigenvalue weighted by atomic mass is 9.80. The summed E-state index contributed by atoms with van der Waals surface area (Å²) in [5, 5.41) is 0. The van der Waals surface area contributed by atoms with Gasteiger partial charge in [-0.25, -0.2) is 0 Å². The molecule has 5 aromatic carbocycles. The average Bonchev–Trinajstić information content (AvgIpc) is 3.42. The Labute approximate surface area is 317 Å². The van der Waals surface area contributed by atoms with E-state index in [1.807, 2.05) is 24.3 Å². The van der Waals surface area contributed by atoms with E-state index in [0.717, 1.165) is 67.1 Å². The van der Waals surface area contributed by atoms with E-state index in [1.165, 1.54) is 28.2 Å². The lowest BCUT2D eigenvalue weighted by molar-refractivity contribution is -0.439. The zero-order valence-corrected chi connectivity index (χ0v) is 32.3. The van der Waals surface area contributed by atoms with Crippen molar-refractivity contribution in [3.05, 3.63) is 167 Å². The molecule has 0 saturated heterocycles. The van der Waals surface area contributed by atoms with Gasteiger partial charge in [-0.2, -0.15) is 4.58 Å². The number of hydrogen-bond donors (Lipinski definition) is 0. The Kier molecular flexibility index (Phi) is 12.2. The number of aryl methyl sites for hydroxylation is 1. The van der Waals surface area contributed by atoms with Crippen molar-refractivity contribution in [3.8, 4) is 11.5 Å². The fraction of sp³-hybridized carbons (Fsp3) is 0.312. The van der Waals surface area contributed by atoms with Crippen LogP contribution in [-0.2, 0) is 22.2 Å². The van der Waals surface area contributed by atoms with Gasteiger partial charge in [0, 0.05) is 42.9 Å². The second-order valence-electron chi connectivity index (χ2n) is 14.2. The van der Waals surface area contributed by atoms with Crippen LogP contribution < -0.4 is 14.4 Å². The SMILES string of the molecule is CCN(CC)c1ccc2c(c1)C(C)(C)C(/C=C/CCc1ccccc1)=[N+]2CCCOC(c1ccccc1)(c1ccc(OC)cc1)c1ccc(OC)cc1. The topological polar surface area (TPSA) is 33.9 Å². The van der Waals surface area contributed by atoms with Crippen LogP contribution in [0.15, 0.2) is 140 Å². The highest BCUT2D eigenvalue weighted by Gasteiger charge is 2.45. The molecule has 0 spiro atoms. The molecule has 6 rings (SSSR count). The average molecular weight is 708 g/mol. The lowest BCUT2D eigenvalue weighted by Crippen LogP contribution is -2.34. The number of methoxy groups -OCH3 is 2. The summed E-state index contributed by atoms with van der Waals surface area (Å²) in [5.74, 6) is 1.62. The van der Waals surface area contributed by atoms with E-state index < -0.39 is 5.60 Å². The van der Waals surface area contributed by atoms with E-state index in [4.69, 9.17) is 14.2 Å². The van der Waals surface area contributed by atoms with Crippen molar-refractivity contribution in [2.45, 2.75) is 58.0 Å². The van der Waals surface area contributed by atoms with Gasteiger partial charge in [0.2, 0.25) is 5.69 Å². The molecule has 0 bridgehead atoms. The largest absolute Gasteiger partial charge is 0.497 e.